The summed E-state index contributed by atoms with van der Waals surface area (Å²) in [6.07, 6.45) is 12.8. The van der Waals surface area contributed by atoms with Gasteiger partial charge in [0.05, 0.1) is 24.0 Å². The van der Waals surface area contributed by atoms with Gasteiger partial charge in [0.25, 0.3) is 0 Å². The summed E-state index contributed by atoms with van der Waals surface area (Å²) in [6, 6.07) is 7.58. The van der Waals surface area contributed by atoms with Crippen molar-refractivity contribution in [2.24, 2.45) is 5.92 Å². The Morgan fingerprint density at radius 2 is 1.69 bits per heavy atom. The van der Waals surface area contributed by atoms with Crippen LogP contribution in [0.3, 0.4) is 0 Å². The number of aromatic nitrogens is 2. The fourth-order valence-electron chi connectivity index (χ4n) is 3.86. The van der Waals surface area contributed by atoms with Crippen molar-refractivity contribution in [3.63, 3.8) is 0 Å². The SMILES string of the molecule is C=O.CC.CCOC.CCc1cnc(NC(=O)[C@H](CCC2CCCC2)c2ccc(S(C)=O)cc2)cn1. The van der Waals surface area contributed by atoms with Crippen molar-refractivity contribution in [3.05, 3.63) is 47.9 Å². The molecule has 2 atom stereocenters. The minimum absolute atomic E-state index is 0.0538. The molecule has 1 N–H and O–H groups in total. The number of hydrogen-bond donors (Lipinski definition) is 1. The highest BCUT2D eigenvalue weighted by Gasteiger charge is 2.24. The fourth-order valence-corrected chi connectivity index (χ4v) is 4.38. The number of rotatable bonds is 9. The second-order valence-corrected chi connectivity index (χ2v) is 9.50. The Morgan fingerprint density at radius 1 is 1.11 bits per heavy atom. The van der Waals surface area contributed by atoms with Gasteiger partial charge in [0.15, 0.2) is 5.82 Å². The van der Waals surface area contributed by atoms with E-state index in [0.717, 1.165) is 47.9 Å². The lowest BCUT2D eigenvalue weighted by Crippen LogP contribution is -2.22. The van der Waals surface area contributed by atoms with E-state index in [0.29, 0.717) is 5.82 Å². The van der Waals surface area contributed by atoms with Gasteiger partial charge >= 0.3 is 0 Å². The average molecular weight is 520 g/mol. The minimum Gasteiger partial charge on any atom is -0.385 e. The van der Waals surface area contributed by atoms with Crippen LogP contribution in [0.4, 0.5) is 5.82 Å². The number of amides is 1. The highest BCUT2D eigenvalue weighted by molar-refractivity contribution is 7.84. The summed E-state index contributed by atoms with van der Waals surface area (Å²) in [5.74, 6) is 0.912. The second-order valence-electron chi connectivity index (χ2n) is 8.12. The van der Waals surface area contributed by atoms with Gasteiger partial charge in [-0.25, -0.2) is 4.98 Å². The molecule has 1 fully saturated rings. The van der Waals surface area contributed by atoms with E-state index < -0.39 is 10.8 Å². The van der Waals surface area contributed by atoms with Gasteiger partial charge in [0.1, 0.15) is 6.79 Å². The van der Waals surface area contributed by atoms with Crippen LogP contribution in [0, 0.1) is 5.92 Å². The van der Waals surface area contributed by atoms with Crippen molar-refractivity contribution in [2.75, 3.05) is 25.3 Å². The summed E-state index contributed by atoms with van der Waals surface area (Å²) in [5.41, 5.74) is 1.86. The molecule has 0 saturated heterocycles. The van der Waals surface area contributed by atoms with Crippen molar-refractivity contribution in [1.82, 2.24) is 9.97 Å². The maximum absolute atomic E-state index is 13.1. The summed E-state index contributed by atoms with van der Waals surface area (Å²) < 4.78 is 16.2. The van der Waals surface area contributed by atoms with Crippen molar-refractivity contribution in [2.45, 2.75) is 83.5 Å². The lowest BCUT2D eigenvalue weighted by Gasteiger charge is -2.19. The van der Waals surface area contributed by atoms with Crippen LogP contribution in [-0.4, -0.2) is 46.8 Å². The Hall–Kier alpha value is -2.45. The molecule has 1 aliphatic carbocycles. The van der Waals surface area contributed by atoms with E-state index in [-0.39, 0.29) is 11.8 Å². The first-order valence-corrected chi connectivity index (χ1v) is 14.4. The van der Waals surface area contributed by atoms with Gasteiger partial charge in [-0.3, -0.25) is 14.0 Å². The van der Waals surface area contributed by atoms with Crippen LogP contribution >= 0.6 is 0 Å². The number of carbonyl (C=O) groups excluding carboxylic acids is 2. The molecule has 36 heavy (non-hydrogen) atoms. The van der Waals surface area contributed by atoms with Crippen molar-refractivity contribution in [3.8, 4) is 0 Å². The van der Waals surface area contributed by atoms with Gasteiger partial charge < -0.3 is 14.8 Å². The third kappa shape index (κ3) is 12.5. The van der Waals surface area contributed by atoms with E-state index >= 15 is 0 Å². The molecule has 1 saturated carbocycles. The molecule has 1 amide bonds. The Bertz CT molecular complexity index is 852. The molecule has 3 rings (SSSR count). The zero-order valence-electron chi connectivity index (χ0n) is 22.9. The Morgan fingerprint density at radius 3 is 2.14 bits per heavy atom. The van der Waals surface area contributed by atoms with Crippen molar-refractivity contribution < 1.29 is 18.5 Å². The standard InChI is InChI=1S/C22H29N3O2S.C3H8O.C2H6.CH2O/c1-3-18-14-24-21(15-23-18)25-22(26)20(13-8-16-6-4-5-7-16)17-9-11-19(12-10-17)28(2)27;1-3-4-2;2*1-2/h9-12,14-16,20H,3-8,13H2,1-2H3,(H,24,25,26);3H2,1-2H3;1-2H3;1H2/t20-,28?;;;/m1.../s1. The molecule has 1 aliphatic rings. The lowest BCUT2D eigenvalue weighted by molar-refractivity contribution is -0.117. The largest absolute Gasteiger partial charge is 0.385 e. The highest BCUT2D eigenvalue weighted by atomic mass is 32.2. The van der Waals surface area contributed by atoms with Crippen molar-refractivity contribution >= 4 is 29.3 Å². The summed E-state index contributed by atoms with van der Waals surface area (Å²) >= 11 is 0. The van der Waals surface area contributed by atoms with E-state index in [1.165, 1.54) is 25.7 Å². The number of carbonyl (C=O) groups is 2. The topological polar surface area (TPSA) is 98.2 Å². The number of benzene rings is 1. The predicted molar refractivity (Wildman–Crippen MR) is 149 cm³/mol. The first-order chi connectivity index (χ1) is 17.5. The Balaban J connectivity index is 0.00000137. The van der Waals surface area contributed by atoms with Gasteiger partial charge in [0, 0.05) is 35.7 Å². The van der Waals surface area contributed by atoms with Crippen LogP contribution in [0.1, 0.15) is 83.4 Å². The molecular weight excluding hydrogens is 474 g/mol. The molecule has 202 valence electrons. The number of aryl methyl sites for hydroxylation is 1. The van der Waals surface area contributed by atoms with Crippen LogP contribution in [0.2, 0.25) is 0 Å². The van der Waals surface area contributed by atoms with Gasteiger partial charge in [-0.2, -0.15) is 0 Å². The Labute approximate surface area is 220 Å². The monoisotopic (exact) mass is 519 g/mol. The number of anilines is 1. The maximum Gasteiger partial charge on any atom is 0.233 e. The molecule has 2 aromatic rings. The number of nitrogens with one attached hydrogen (secondary N) is 1. The molecule has 0 aliphatic heterocycles. The number of hydrogen-bond acceptors (Lipinski definition) is 6. The maximum atomic E-state index is 13.1. The third-order valence-corrected chi connectivity index (χ3v) is 6.81. The normalized spacial score (nSPS) is 14.1. The van der Waals surface area contributed by atoms with Crippen LogP contribution in [0.15, 0.2) is 41.6 Å². The molecule has 0 bridgehead atoms. The van der Waals surface area contributed by atoms with E-state index in [1.54, 1.807) is 25.8 Å². The number of methoxy groups -OCH3 is 1. The first-order valence-electron chi connectivity index (χ1n) is 12.8. The Kier molecular flexibility index (Phi) is 19.3. The number of nitrogens with zero attached hydrogens (tertiary/aromatic N) is 2. The molecule has 0 spiro atoms. The van der Waals surface area contributed by atoms with Crippen LogP contribution in [0.5, 0.6) is 0 Å². The van der Waals surface area contributed by atoms with Crippen LogP contribution < -0.4 is 5.32 Å². The molecule has 1 unspecified atom stereocenters. The highest BCUT2D eigenvalue weighted by Crippen LogP contribution is 2.33. The molecule has 7 nitrogen and oxygen atoms in total. The summed E-state index contributed by atoms with van der Waals surface area (Å²) in [7, 11) is 0.660. The zero-order valence-corrected chi connectivity index (χ0v) is 23.7. The first kappa shape index (κ1) is 33.5. The minimum atomic E-state index is -1.02. The van der Waals surface area contributed by atoms with Crippen LogP contribution in [0.25, 0.3) is 0 Å². The zero-order chi connectivity index (χ0) is 27.3. The molecular formula is C28H45N3O4S. The lowest BCUT2D eigenvalue weighted by atomic mass is 9.89. The van der Waals surface area contributed by atoms with Crippen molar-refractivity contribution in [1.29, 1.82) is 0 Å². The second kappa shape index (κ2) is 20.7. The smallest absolute Gasteiger partial charge is 0.233 e. The molecule has 0 radical (unpaired) electrons. The van der Waals surface area contributed by atoms with E-state index in [4.69, 9.17) is 4.79 Å². The average Bonchev–Trinajstić information content (AvgIpc) is 3.45. The third-order valence-electron chi connectivity index (χ3n) is 5.88. The van der Waals surface area contributed by atoms with Gasteiger partial charge in [-0.15, -0.1) is 0 Å². The summed E-state index contributed by atoms with van der Waals surface area (Å²) in [4.78, 5) is 30.4. The summed E-state index contributed by atoms with van der Waals surface area (Å²) in [5, 5.41) is 2.93. The summed E-state index contributed by atoms with van der Waals surface area (Å²) in [6.45, 7) is 10.8. The van der Waals surface area contributed by atoms with Gasteiger partial charge in [-0.1, -0.05) is 58.6 Å². The fraction of sp³-hybridized carbons (Fsp3) is 0.571. The van der Waals surface area contributed by atoms with E-state index in [1.807, 2.05) is 58.7 Å². The molecule has 8 heteroatoms. The van der Waals surface area contributed by atoms with Crippen LogP contribution in [-0.2, 0) is 31.5 Å². The predicted octanol–water partition coefficient (Wildman–Crippen LogP) is 5.96. The molecule has 1 heterocycles. The molecule has 1 aromatic carbocycles. The van der Waals surface area contributed by atoms with E-state index in [2.05, 4.69) is 20.0 Å². The van der Waals surface area contributed by atoms with Gasteiger partial charge in [0.2, 0.25) is 5.91 Å². The van der Waals surface area contributed by atoms with E-state index in [9.17, 15) is 9.00 Å². The number of ether oxygens (including phenoxy) is 1. The molecule has 1 aromatic heterocycles. The van der Waals surface area contributed by atoms with Gasteiger partial charge in [-0.05, 0) is 49.8 Å². The quantitative estimate of drug-likeness (QED) is 0.439.